The van der Waals surface area contributed by atoms with Crippen LogP contribution in [0.5, 0.6) is 11.5 Å². The minimum atomic E-state index is -1.11. The zero-order valence-corrected chi connectivity index (χ0v) is 16.0. The highest BCUT2D eigenvalue weighted by molar-refractivity contribution is 6.04. The molecule has 1 amide bonds. The minimum Gasteiger partial charge on any atom is -0.497 e. The van der Waals surface area contributed by atoms with Gasteiger partial charge in [-0.05, 0) is 18.2 Å². The topological polar surface area (TPSA) is 89.8 Å². The third kappa shape index (κ3) is 3.20. The van der Waals surface area contributed by atoms with Crippen molar-refractivity contribution in [2.24, 2.45) is 0 Å². The standard InChI is InChI=1S/C22H20N2O5/c1-28-14-7-5-6-13(10-14)24-12-17(22(26)27)20-21(24)16(11-19(25)23-20)15-8-3-4-9-18(15)29-2/h3-10,12,16H,11H2,1-2H3,(H,23,25)(H,26,27). The Labute approximate surface area is 167 Å². The van der Waals surface area contributed by atoms with Crippen LogP contribution in [-0.4, -0.2) is 35.8 Å². The number of aromatic carboxylic acids is 1. The van der Waals surface area contributed by atoms with Crippen molar-refractivity contribution in [1.82, 2.24) is 4.57 Å². The van der Waals surface area contributed by atoms with E-state index in [1.807, 2.05) is 48.5 Å². The van der Waals surface area contributed by atoms with Crippen molar-refractivity contribution >= 4 is 17.6 Å². The maximum absolute atomic E-state index is 12.5. The van der Waals surface area contributed by atoms with Crippen LogP contribution in [0.1, 0.15) is 34.0 Å². The first-order valence-corrected chi connectivity index (χ1v) is 9.09. The highest BCUT2D eigenvalue weighted by Crippen LogP contribution is 2.44. The lowest BCUT2D eigenvalue weighted by molar-refractivity contribution is -0.116. The van der Waals surface area contributed by atoms with E-state index in [2.05, 4.69) is 5.32 Å². The van der Waals surface area contributed by atoms with Crippen LogP contribution < -0.4 is 14.8 Å². The molecule has 0 saturated heterocycles. The Morgan fingerprint density at radius 2 is 1.93 bits per heavy atom. The lowest BCUT2D eigenvalue weighted by atomic mass is 9.87. The zero-order valence-electron chi connectivity index (χ0n) is 16.0. The number of carboxylic acids is 1. The molecule has 0 radical (unpaired) electrons. The molecule has 0 aliphatic carbocycles. The number of amides is 1. The third-order valence-electron chi connectivity index (χ3n) is 5.10. The molecule has 0 fully saturated rings. The van der Waals surface area contributed by atoms with Crippen LogP contribution >= 0.6 is 0 Å². The average molecular weight is 392 g/mol. The summed E-state index contributed by atoms with van der Waals surface area (Å²) < 4.78 is 12.6. The number of anilines is 1. The summed E-state index contributed by atoms with van der Waals surface area (Å²) in [4.78, 5) is 24.4. The van der Waals surface area contributed by atoms with E-state index in [-0.39, 0.29) is 23.8 Å². The van der Waals surface area contributed by atoms with E-state index >= 15 is 0 Å². The third-order valence-corrected chi connectivity index (χ3v) is 5.10. The number of benzene rings is 2. The number of hydrogen-bond acceptors (Lipinski definition) is 4. The van der Waals surface area contributed by atoms with Gasteiger partial charge in [0.15, 0.2) is 0 Å². The molecule has 2 heterocycles. The number of carboxylic acid groups (broad SMARTS) is 1. The van der Waals surface area contributed by atoms with Crippen LogP contribution in [-0.2, 0) is 4.79 Å². The van der Waals surface area contributed by atoms with Crippen LogP contribution in [0.25, 0.3) is 5.69 Å². The van der Waals surface area contributed by atoms with E-state index in [0.717, 1.165) is 11.3 Å². The number of para-hydroxylation sites is 1. The number of nitrogens with zero attached hydrogens (tertiary/aromatic N) is 1. The summed E-state index contributed by atoms with van der Waals surface area (Å²) in [6.45, 7) is 0. The first-order valence-electron chi connectivity index (χ1n) is 9.09. The second-order valence-corrected chi connectivity index (χ2v) is 6.73. The van der Waals surface area contributed by atoms with Gasteiger partial charge in [0.2, 0.25) is 5.91 Å². The van der Waals surface area contributed by atoms with Gasteiger partial charge in [0.05, 0.1) is 25.6 Å². The maximum atomic E-state index is 12.5. The second kappa shape index (κ2) is 7.35. The Kier molecular flexibility index (Phi) is 4.72. The quantitative estimate of drug-likeness (QED) is 0.692. The van der Waals surface area contributed by atoms with E-state index in [9.17, 15) is 14.7 Å². The number of hydrogen-bond donors (Lipinski definition) is 2. The fourth-order valence-electron chi connectivity index (χ4n) is 3.82. The number of nitrogens with one attached hydrogen (secondary N) is 1. The molecule has 1 aliphatic heterocycles. The van der Waals surface area contributed by atoms with Crippen molar-refractivity contribution in [2.45, 2.75) is 12.3 Å². The van der Waals surface area contributed by atoms with Gasteiger partial charge in [-0.2, -0.15) is 0 Å². The van der Waals surface area contributed by atoms with Gasteiger partial charge in [0.1, 0.15) is 17.1 Å². The van der Waals surface area contributed by atoms with Crippen molar-refractivity contribution in [1.29, 1.82) is 0 Å². The summed E-state index contributed by atoms with van der Waals surface area (Å²) in [7, 11) is 3.15. The fourth-order valence-corrected chi connectivity index (χ4v) is 3.82. The molecule has 0 bridgehead atoms. The first-order chi connectivity index (χ1) is 14.0. The van der Waals surface area contributed by atoms with E-state index < -0.39 is 5.97 Å². The van der Waals surface area contributed by atoms with Gasteiger partial charge in [-0.15, -0.1) is 0 Å². The minimum absolute atomic E-state index is 0.0377. The molecule has 1 unspecified atom stereocenters. The molecule has 2 N–H and O–H groups in total. The average Bonchev–Trinajstić information content (AvgIpc) is 3.12. The van der Waals surface area contributed by atoms with Gasteiger partial charge in [0.25, 0.3) is 0 Å². The number of carbonyl (C=O) groups is 2. The number of ether oxygens (including phenoxy) is 2. The monoisotopic (exact) mass is 392 g/mol. The van der Waals surface area contributed by atoms with Crippen LogP contribution in [0.3, 0.4) is 0 Å². The Morgan fingerprint density at radius 1 is 1.14 bits per heavy atom. The molecule has 148 valence electrons. The number of fused-ring (bicyclic) bond motifs is 1. The van der Waals surface area contributed by atoms with Crippen LogP contribution in [0.4, 0.5) is 5.69 Å². The van der Waals surface area contributed by atoms with Gasteiger partial charge in [0, 0.05) is 35.9 Å². The molecule has 1 aromatic heterocycles. The molecule has 1 aliphatic rings. The highest BCUT2D eigenvalue weighted by Gasteiger charge is 2.35. The molecular formula is C22H20N2O5. The van der Waals surface area contributed by atoms with Crippen molar-refractivity contribution < 1.29 is 24.2 Å². The normalized spacial score (nSPS) is 15.4. The van der Waals surface area contributed by atoms with Crippen molar-refractivity contribution in [2.75, 3.05) is 19.5 Å². The van der Waals surface area contributed by atoms with Gasteiger partial charge in [-0.3, -0.25) is 4.79 Å². The second-order valence-electron chi connectivity index (χ2n) is 6.73. The lowest BCUT2D eigenvalue weighted by Crippen LogP contribution is -2.25. The molecule has 0 spiro atoms. The van der Waals surface area contributed by atoms with Crippen LogP contribution in [0.2, 0.25) is 0 Å². The van der Waals surface area contributed by atoms with Gasteiger partial charge in [-0.1, -0.05) is 24.3 Å². The molecule has 0 saturated carbocycles. The smallest absolute Gasteiger partial charge is 0.339 e. The van der Waals surface area contributed by atoms with Gasteiger partial charge >= 0.3 is 5.97 Å². The van der Waals surface area contributed by atoms with Crippen LogP contribution in [0.15, 0.2) is 54.7 Å². The zero-order chi connectivity index (χ0) is 20.5. The van der Waals surface area contributed by atoms with Crippen molar-refractivity contribution in [3.8, 4) is 17.2 Å². The largest absolute Gasteiger partial charge is 0.497 e. The summed E-state index contributed by atoms with van der Waals surface area (Å²) in [6.07, 6.45) is 1.72. The number of rotatable bonds is 5. The predicted molar refractivity (Wildman–Crippen MR) is 107 cm³/mol. The van der Waals surface area contributed by atoms with E-state index in [1.54, 1.807) is 18.8 Å². The fraction of sp³-hybridized carbons (Fsp3) is 0.182. The van der Waals surface area contributed by atoms with Crippen molar-refractivity contribution in [3.63, 3.8) is 0 Å². The Bertz CT molecular complexity index is 1100. The molecule has 7 nitrogen and oxygen atoms in total. The first kappa shape index (κ1) is 18.6. The summed E-state index contributed by atoms with van der Waals surface area (Å²) in [6, 6.07) is 14.8. The van der Waals surface area contributed by atoms with Crippen molar-refractivity contribution in [3.05, 3.63) is 71.5 Å². The summed E-state index contributed by atoms with van der Waals surface area (Å²) in [5.41, 5.74) is 2.61. The SMILES string of the molecule is COc1cccc(-n2cc(C(=O)O)c3c2C(c2ccccc2OC)CC(=O)N3)c1. The van der Waals surface area contributed by atoms with E-state index in [0.29, 0.717) is 22.9 Å². The summed E-state index contributed by atoms with van der Waals surface area (Å²) in [5.74, 6) is -0.415. The molecule has 29 heavy (non-hydrogen) atoms. The predicted octanol–water partition coefficient (Wildman–Crippen LogP) is 3.67. The van der Waals surface area contributed by atoms with E-state index in [1.165, 1.54) is 6.20 Å². The highest BCUT2D eigenvalue weighted by atomic mass is 16.5. The summed E-state index contributed by atoms with van der Waals surface area (Å²) in [5, 5.41) is 12.5. The molecular weight excluding hydrogens is 372 g/mol. The summed E-state index contributed by atoms with van der Waals surface area (Å²) >= 11 is 0. The maximum Gasteiger partial charge on any atom is 0.339 e. The number of methoxy groups -OCH3 is 2. The number of carbonyl (C=O) groups excluding carboxylic acids is 1. The Morgan fingerprint density at radius 3 is 2.66 bits per heavy atom. The number of aromatic nitrogens is 1. The molecule has 2 aromatic carbocycles. The molecule has 1 atom stereocenters. The lowest BCUT2D eigenvalue weighted by Gasteiger charge is -2.27. The van der Waals surface area contributed by atoms with E-state index in [4.69, 9.17) is 9.47 Å². The molecule has 4 rings (SSSR count). The Hall–Kier alpha value is -3.74. The molecule has 7 heteroatoms. The Balaban J connectivity index is 1.99. The van der Waals surface area contributed by atoms with Gasteiger partial charge in [-0.25, -0.2) is 4.79 Å². The van der Waals surface area contributed by atoms with Gasteiger partial charge < -0.3 is 24.5 Å². The molecule has 3 aromatic rings. The van der Waals surface area contributed by atoms with Crippen LogP contribution in [0, 0.1) is 0 Å².